The molecule has 0 spiro atoms. The molecule has 0 saturated heterocycles. The fourth-order valence-corrected chi connectivity index (χ4v) is 2.29. The molecule has 0 radical (unpaired) electrons. The minimum atomic E-state index is -0.899. The van der Waals surface area contributed by atoms with E-state index in [1.165, 1.54) is 0 Å². The van der Waals surface area contributed by atoms with Gasteiger partial charge in [0.1, 0.15) is 6.04 Å². The van der Waals surface area contributed by atoms with Gasteiger partial charge in [0.2, 0.25) is 5.88 Å². The summed E-state index contributed by atoms with van der Waals surface area (Å²) in [5.74, 6) is -0.202. The first kappa shape index (κ1) is 10.2. The molecule has 1 atom stereocenters. The van der Waals surface area contributed by atoms with Crippen LogP contribution >= 0.6 is 0 Å². The number of hydrogen-bond acceptors (Lipinski definition) is 3. The minimum Gasteiger partial charge on any atom is -0.480 e. The van der Waals surface area contributed by atoms with Crippen LogP contribution in [0.4, 0.5) is 0 Å². The number of rotatable bonds is 1. The molecule has 1 aliphatic rings. The maximum absolute atomic E-state index is 11.0. The summed E-state index contributed by atoms with van der Waals surface area (Å²) in [5, 5.41) is 10.0. The molecule has 5 heteroatoms. The molecule has 0 saturated carbocycles. The van der Waals surface area contributed by atoms with E-state index in [0.717, 1.165) is 16.5 Å². The predicted molar refractivity (Wildman–Crippen MR) is 61.8 cm³/mol. The molecule has 0 amide bonds. The number of carbonyl (C=O) groups is 1. The number of benzene rings is 1. The fourth-order valence-electron chi connectivity index (χ4n) is 2.29. The number of carboxylic acid groups (broad SMARTS) is 1. The van der Waals surface area contributed by atoms with E-state index in [-0.39, 0.29) is 0 Å². The van der Waals surface area contributed by atoms with Gasteiger partial charge in [-0.15, -0.1) is 5.48 Å². The lowest BCUT2D eigenvalue weighted by molar-refractivity contribution is -0.142. The number of aliphatic carboxylic acids is 1. The molecule has 17 heavy (non-hydrogen) atoms. The monoisotopic (exact) mass is 232 g/mol. The van der Waals surface area contributed by atoms with Crippen molar-refractivity contribution in [3.05, 3.63) is 29.8 Å². The number of para-hydroxylation sites is 1. The van der Waals surface area contributed by atoms with Gasteiger partial charge in [-0.3, -0.25) is 4.79 Å². The van der Waals surface area contributed by atoms with Gasteiger partial charge in [-0.25, -0.2) is 0 Å². The highest BCUT2D eigenvalue weighted by Crippen LogP contribution is 2.33. The average Bonchev–Trinajstić information content (AvgIpc) is 2.64. The number of aromatic nitrogens is 1. The van der Waals surface area contributed by atoms with Crippen molar-refractivity contribution in [3.63, 3.8) is 0 Å². The van der Waals surface area contributed by atoms with Crippen molar-refractivity contribution in [2.24, 2.45) is 7.05 Å². The Balaban J connectivity index is 2.18. The number of aryl methyl sites for hydroxylation is 1. The van der Waals surface area contributed by atoms with Crippen LogP contribution < -0.4 is 10.3 Å². The molecule has 1 aliphatic heterocycles. The SMILES string of the molecule is Cn1c2c(c3ccccc31)CC(C(=O)O)NO2. The van der Waals surface area contributed by atoms with Gasteiger partial charge in [0, 0.05) is 24.4 Å². The molecule has 0 fully saturated rings. The lowest BCUT2D eigenvalue weighted by atomic mass is 10.0. The Morgan fingerprint density at radius 1 is 1.53 bits per heavy atom. The molecular formula is C12H12N2O3. The fraction of sp³-hybridized carbons (Fsp3) is 0.250. The van der Waals surface area contributed by atoms with Gasteiger partial charge in [-0.2, -0.15) is 0 Å². The van der Waals surface area contributed by atoms with Crippen LogP contribution in [0.1, 0.15) is 5.56 Å². The van der Waals surface area contributed by atoms with Gasteiger partial charge in [-0.05, 0) is 6.07 Å². The molecule has 1 aromatic carbocycles. The Labute approximate surface area is 97.6 Å². The Morgan fingerprint density at radius 2 is 2.29 bits per heavy atom. The highest BCUT2D eigenvalue weighted by molar-refractivity contribution is 5.88. The normalized spacial score (nSPS) is 18.8. The van der Waals surface area contributed by atoms with E-state index in [1.807, 2.05) is 35.9 Å². The second-order valence-corrected chi connectivity index (χ2v) is 4.17. The van der Waals surface area contributed by atoms with Gasteiger partial charge in [0.25, 0.3) is 0 Å². The van der Waals surface area contributed by atoms with Gasteiger partial charge in [0.15, 0.2) is 0 Å². The summed E-state index contributed by atoms with van der Waals surface area (Å²) < 4.78 is 1.93. The molecule has 1 aromatic heterocycles. The van der Waals surface area contributed by atoms with Crippen molar-refractivity contribution in [1.82, 2.24) is 10.0 Å². The van der Waals surface area contributed by atoms with Crippen LogP contribution in [0.3, 0.4) is 0 Å². The van der Waals surface area contributed by atoms with Crippen LogP contribution in [-0.4, -0.2) is 21.7 Å². The van der Waals surface area contributed by atoms with Gasteiger partial charge >= 0.3 is 5.97 Å². The molecule has 88 valence electrons. The summed E-state index contributed by atoms with van der Waals surface area (Å²) in [7, 11) is 1.91. The van der Waals surface area contributed by atoms with E-state index >= 15 is 0 Å². The van der Waals surface area contributed by atoms with Crippen LogP contribution in [0.5, 0.6) is 5.88 Å². The molecule has 5 nitrogen and oxygen atoms in total. The Kier molecular flexibility index (Phi) is 2.09. The molecule has 2 heterocycles. The van der Waals surface area contributed by atoms with Crippen molar-refractivity contribution in [1.29, 1.82) is 0 Å². The highest BCUT2D eigenvalue weighted by atomic mass is 16.7. The molecule has 2 aromatic rings. The molecule has 0 aliphatic carbocycles. The van der Waals surface area contributed by atoms with E-state index in [9.17, 15) is 4.79 Å². The number of fused-ring (bicyclic) bond motifs is 3. The van der Waals surface area contributed by atoms with E-state index < -0.39 is 12.0 Å². The second kappa shape index (κ2) is 3.49. The van der Waals surface area contributed by atoms with Crippen molar-refractivity contribution >= 4 is 16.9 Å². The quantitative estimate of drug-likeness (QED) is 0.772. The lowest BCUT2D eigenvalue weighted by Crippen LogP contribution is -2.43. The summed E-state index contributed by atoms with van der Waals surface area (Å²) in [5.41, 5.74) is 4.56. The number of hydroxylamine groups is 1. The summed E-state index contributed by atoms with van der Waals surface area (Å²) in [6.45, 7) is 0. The van der Waals surface area contributed by atoms with Crippen molar-refractivity contribution in [3.8, 4) is 5.88 Å². The third-order valence-corrected chi connectivity index (χ3v) is 3.16. The van der Waals surface area contributed by atoms with Crippen LogP contribution in [0.15, 0.2) is 24.3 Å². The van der Waals surface area contributed by atoms with Crippen LogP contribution in [0, 0.1) is 0 Å². The maximum Gasteiger partial charge on any atom is 0.324 e. The third-order valence-electron chi connectivity index (χ3n) is 3.16. The summed E-state index contributed by atoms with van der Waals surface area (Å²) in [6.07, 6.45) is 0.437. The first-order valence-corrected chi connectivity index (χ1v) is 5.40. The number of nitrogens with zero attached hydrogens (tertiary/aromatic N) is 1. The Hall–Kier alpha value is -2.01. The molecule has 0 bridgehead atoms. The minimum absolute atomic E-state index is 0.437. The van der Waals surface area contributed by atoms with Crippen molar-refractivity contribution in [2.45, 2.75) is 12.5 Å². The topological polar surface area (TPSA) is 63.5 Å². The molecular weight excluding hydrogens is 220 g/mol. The average molecular weight is 232 g/mol. The van der Waals surface area contributed by atoms with E-state index in [2.05, 4.69) is 5.48 Å². The first-order valence-electron chi connectivity index (χ1n) is 5.40. The number of hydrogen-bond donors (Lipinski definition) is 2. The second-order valence-electron chi connectivity index (χ2n) is 4.17. The Bertz CT molecular complexity index is 603. The van der Waals surface area contributed by atoms with Gasteiger partial charge < -0.3 is 14.5 Å². The predicted octanol–water partition coefficient (Wildman–Crippen LogP) is 1.07. The van der Waals surface area contributed by atoms with Gasteiger partial charge in [-0.1, -0.05) is 18.2 Å². The van der Waals surface area contributed by atoms with Crippen LogP contribution in [0.25, 0.3) is 10.9 Å². The van der Waals surface area contributed by atoms with E-state index in [0.29, 0.717) is 12.3 Å². The first-order chi connectivity index (χ1) is 8.18. The van der Waals surface area contributed by atoms with E-state index in [1.54, 1.807) is 0 Å². The lowest BCUT2D eigenvalue weighted by Gasteiger charge is -2.21. The summed E-state index contributed by atoms with van der Waals surface area (Å²) >= 11 is 0. The van der Waals surface area contributed by atoms with Gasteiger partial charge in [0.05, 0.1) is 5.52 Å². The smallest absolute Gasteiger partial charge is 0.324 e. The van der Waals surface area contributed by atoms with Crippen molar-refractivity contribution < 1.29 is 14.7 Å². The highest BCUT2D eigenvalue weighted by Gasteiger charge is 2.29. The van der Waals surface area contributed by atoms with Crippen LogP contribution in [0.2, 0.25) is 0 Å². The standard InChI is InChI=1S/C12H12N2O3/c1-14-10-5-3-2-4-7(10)8-6-9(12(15)16)13-17-11(8)14/h2-5,9,13H,6H2,1H3,(H,15,16). The summed E-state index contributed by atoms with van der Waals surface area (Å²) in [6, 6.07) is 7.19. The zero-order valence-corrected chi connectivity index (χ0v) is 9.30. The largest absolute Gasteiger partial charge is 0.480 e. The zero-order valence-electron chi connectivity index (χ0n) is 9.30. The van der Waals surface area contributed by atoms with E-state index in [4.69, 9.17) is 9.94 Å². The zero-order chi connectivity index (χ0) is 12.0. The summed E-state index contributed by atoms with van der Waals surface area (Å²) in [4.78, 5) is 16.3. The Morgan fingerprint density at radius 3 is 3.06 bits per heavy atom. The number of carboxylic acids is 1. The van der Waals surface area contributed by atoms with Crippen molar-refractivity contribution in [2.75, 3.05) is 0 Å². The maximum atomic E-state index is 11.0. The van der Waals surface area contributed by atoms with Crippen LogP contribution in [-0.2, 0) is 18.3 Å². The molecule has 1 unspecified atom stereocenters. The molecule has 2 N–H and O–H groups in total. The molecule has 3 rings (SSSR count). The third kappa shape index (κ3) is 1.39. The number of nitrogens with one attached hydrogen (secondary N) is 1.